The van der Waals surface area contributed by atoms with E-state index >= 15 is 0 Å². The monoisotopic (exact) mass is 375 g/mol. The van der Waals surface area contributed by atoms with E-state index in [0.29, 0.717) is 5.56 Å². The van der Waals surface area contributed by atoms with Crippen LogP contribution in [0, 0.1) is 27.7 Å². The molecule has 0 saturated carbocycles. The largest absolute Gasteiger partial charge is 0.496 e. The van der Waals surface area contributed by atoms with E-state index in [9.17, 15) is 9.59 Å². The van der Waals surface area contributed by atoms with Crippen LogP contribution in [0.1, 0.15) is 43.0 Å². The van der Waals surface area contributed by atoms with E-state index < -0.39 is 5.97 Å². The molecule has 0 amide bonds. The Morgan fingerprint density at radius 2 is 1.69 bits per heavy atom. The Balaban J connectivity index is 2.22. The van der Waals surface area contributed by atoms with Crippen LogP contribution in [-0.2, 0) is 4.74 Å². The summed E-state index contributed by atoms with van der Waals surface area (Å²) >= 11 is 5.96. The highest BCUT2D eigenvalue weighted by Crippen LogP contribution is 2.29. The fourth-order valence-corrected chi connectivity index (χ4v) is 3.06. The minimum absolute atomic E-state index is 0.119. The standard InChI is InChI=1S/C20H22ClNO4/c1-10-6-11(2)19(13(4)12(10)3)17(23)9-26-20(24)14-7-15(21)16(22)8-18(14)25-5/h6-8H,9,22H2,1-5H3. The van der Waals surface area contributed by atoms with Crippen LogP contribution in [0.4, 0.5) is 5.69 Å². The van der Waals surface area contributed by atoms with Crippen LogP contribution in [0.2, 0.25) is 5.02 Å². The van der Waals surface area contributed by atoms with Crippen molar-refractivity contribution in [3.63, 3.8) is 0 Å². The molecule has 6 heteroatoms. The highest BCUT2D eigenvalue weighted by molar-refractivity contribution is 6.33. The van der Waals surface area contributed by atoms with Gasteiger partial charge in [0.15, 0.2) is 6.61 Å². The van der Waals surface area contributed by atoms with Crippen LogP contribution < -0.4 is 10.5 Å². The van der Waals surface area contributed by atoms with Crippen molar-refractivity contribution < 1.29 is 19.1 Å². The van der Waals surface area contributed by atoms with Crippen LogP contribution in [-0.4, -0.2) is 25.5 Å². The van der Waals surface area contributed by atoms with E-state index in [-0.39, 0.29) is 34.4 Å². The van der Waals surface area contributed by atoms with Crippen molar-refractivity contribution in [2.45, 2.75) is 27.7 Å². The van der Waals surface area contributed by atoms with Crippen molar-refractivity contribution in [3.05, 3.63) is 56.6 Å². The number of carbonyl (C=O) groups excluding carboxylic acids is 2. The van der Waals surface area contributed by atoms with Gasteiger partial charge in [0.1, 0.15) is 11.3 Å². The molecule has 0 fully saturated rings. The molecule has 0 saturated heterocycles. The third kappa shape index (κ3) is 3.83. The molecule has 138 valence electrons. The summed E-state index contributed by atoms with van der Waals surface area (Å²) in [6.45, 7) is 7.37. The normalized spacial score (nSPS) is 10.5. The van der Waals surface area contributed by atoms with Crippen molar-refractivity contribution in [3.8, 4) is 5.75 Å². The molecule has 26 heavy (non-hydrogen) atoms. The zero-order chi connectivity index (χ0) is 19.6. The van der Waals surface area contributed by atoms with E-state index in [1.54, 1.807) is 0 Å². The molecule has 0 aliphatic heterocycles. The first-order chi connectivity index (χ1) is 12.2. The summed E-state index contributed by atoms with van der Waals surface area (Å²) in [5.74, 6) is -0.712. The minimum atomic E-state index is -0.698. The summed E-state index contributed by atoms with van der Waals surface area (Å²) in [5, 5.41) is 0.213. The van der Waals surface area contributed by atoms with Gasteiger partial charge in [0, 0.05) is 11.6 Å². The van der Waals surface area contributed by atoms with Gasteiger partial charge in [0.25, 0.3) is 0 Å². The van der Waals surface area contributed by atoms with E-state index in [0.717, 1.165) is 22.3 Å². The van der Waals surface area contributed by atoms with Gasteiger partial charge in [-0.3, -0.25) is 4.79 Å². The van der Waals surface area contributed by atoms with Crippen molar-refractivity contribution in [2.75, 3.05) is 19.5 Å². The number of anilines is 1. The smallest absolute Gasteiger partial charge is 0.342 e. The van der Waals surface area contributed by atoms with Gasteiger partial charge in [-0.05, 0) is 56.0 Å². The number of halogens is 1. The molecule has 0 aromatic heterocycles. The van der Waals surface area contributed by atoms with Crippen molar-refractivity contribution in [1.29, 1.82) is 0 Å². The third-order valence-corrected chi connectivity index (χ3v) is 4.84. The number of benzene rings is 2. The van der Waals surface area contributed by atoms with E-state index in [1.807, 2.05) is 33.8 Å². The highest BCUT2D eigenvalue weighted by Gasteiger charge is 2.20. The predicted octanol–water partition coefficient (Wildman–Crippen LogP) is 4.20. The number of methoxy groups -OCH3 is 1. The first-order valence-corrected chi connectivity index (χ1v) is 8.45. The van der Waals surface area contributed by atoms with Gasteiger partial charge in [-0.25, -0.2) is 4.79 Å². The summed E-state index contributed by atoms with van der Waals surface area (Å²) in [6, 6.07) is 4.77. The number of hydrogen-bond donors (Lipinski definition) is 1. The number of hydrogen-bond acceptors (Lipinski definition) is 5. The number of nitrogens with two attached hydrogens (primary N) is 1. The molecule has 0 aliphatic carbocycles. The number of ether oxygens (including phenoxy) is 2. The molecule has 0 aliphatic rings. The molecule has 2 rings (SSSR count). The minimum Gasteiger partial charge on any atom is -0.496 e. The van der Waals surface area contributed by atoms with Gasteiger partial charge < -0.3 is 15.2 Å². The molecular weight excluding hydrogens is 354 g/mol. The van der Waals surface area contributed by atoms with Gasteiger partial charge in [-0.2, -0.15) is 0 Å². The van der Waals surface area contributed by atoms with Crippen LogP contribution in [0.25, 0.3) is 0 Å². The maximum Gasteiger partial charge on any atom is 0.342 e. The van der Waals surface area contributed by atoms with Crippen molar-refractivity contribution >= 4 is 29.0 Å². The highest BCUT2D eigenvalue weighted by atomic mass is 35.5. The Bertz CT molecular complexity index is 890. The summed E-state index contributed by atoms with van der Waals surface area (Å²) in [7, 11) is 1.41. The van der Waals surface area contributed by atoms with Gasteiger partial charge in [-0.1, -0.05) is 17.7 Å². The first-order valence-electron chi connectivity index (χ1n) is 8.08. The lowest BCUT2D eigenvalue weighted by atomic mass is 9.92. The molecule has 0 radical (unpaired) electrons. The van der Waals surface area contributed by atoms with Crippen LogP contribution in [0.3, 0.4) is 0 Å². The van der Waals surface area contributed by atoms with Gasteiger partial charge in [0.2, 0.25) is 5.78 Å². The summed E-state index contributed by atoms with van der Waals surface area (Å²) in [6.07, 6.45) is 0. The van der Waals surface area contributed by atoms with Crippen molar-refractivity contribution in [1.82, 2.24) is 0 Å². The Morgan fingerprint density at radius 1 is 1.04 bits per heavy atom. The Labute approximate surface area is 158 Å². The lowest BCUT2D eigenvalue weighted by Gasteiger charge is -2.15. The van der Waals surface area contributed by atoms with Crippen LogP contribution in [0.5, 0.6) is 5.75 Å². The second kappa shape index (κ2) is 7.79. The zero-order valence-electron chi connectivity index (χ0n) is 15.5. The zero-order valence-corrected chi connectivity index (χ0v) is 16.3. The molecule has 2 aromatic rings. The van der Waals surface area contributed by atoms with Crippen LogP contribution >= 0.6 is 11.6 Å². The lowest BCUT2D eigenvalue weighted by molar-refractivity contribution is 0.0471. The maximum atomic E-state index is 12.6. The SMILES string of the molecule is COc1cc(N)c(Cl)cc1C(=O)OCC(=O)c1c(C)cc(C)c(C)c1C. The third-order valence-electron chi connectivity index (χ3n) is 4.51. The topological polar surface area (TPSA) is 78.6 Å². The molecule has 0 bridgehead atoms. The summed E-state index contributed by atoms with van der Waals surface area (Å²) in [5.41, 5.74) is 10.6. The quantitative estimate of drug-likeness (QED) is 0.481. The maximum absolute atomic E-state index is 12.6. The second-order valence-electron chi connectivity index (χ2n) is 6.21. The lowest BCUT2D eigenvalue weighted by Crippen LogP contribution is -2.17. The molecule has 0 unspecified atom stereocenters. The van der Waals surface area contributed by atoms with Crippen LogP contribution in [0.15, 0.2) is 18.2 Å². The average molecular weight is 376 g/mol. The molecule has 0 spiro atoms. The average Bonchev–Trinajstić information content (AvgIpc) is 2.59. The fourth-order valence-electron chi connectivity index (χ4n) is 2.89. The number of esters is 1. The van der Waals surface area contributed by atoms with E-state index in [2.05, 4.69) is 0 Å². The number of carbonyl (C=O) groups is 2. The van der Waals surface area contributed by atoms with E-state index in [4.69, 9.17) is 26.8 Å². The Kier molecular flexibility index (Phi) is 5.93. The van der Waals surface area contributed by atoms with Gasteiger partial charge in [-0.15, -0.1) is 0 Å². The first kappa shape index (κ1) is 19.8. The number of aryl methyl sites for hydroxylation is 2. The molecule has 0 heterocycles. The van der Waals surface area contributed by atoms with Gasteiger partial charge in [0.05, 0.1) is 17.8 Å². The molecular formula is C20H22ClNO4. The Hall–Kier alpha value is -2.53. The summed E-state index contributed by atoms with van der Waals surface area (Å²) < 4.78 is 10.3. The molecule has 2 aromatic carbocycles. The predicted molar refractivity (Wildman–Crippen MR) is 102 cm³/mol. The molecule has 5 nitrogen and oxygen atoms in total. The number of Topliss-reactive ketones (excluding diaryl/α,β-unsaturated/α-hetero) is 1. The van der Waals surface area contributed by atoms with E-state index in [1.165, 1.54) is 19.2 Å². The van der Waals surface area contributed by atoms with Gasteiger partial charge >= 0.3 is 5.97 Å². The Morgan fingerprint density at radius 3 is 2.31 bits per heavy atom. The summed E-state index contributed by atoms with van der Waals surface area (Å²) in [4.78, 5) is 25.0. The van der Waals surface area contributed by atoms with Crippen molar-refractivity contribution in [2.24, 2.45) is 0 Å². The number of ketones is 1. The number of rotatable bonds is 5. The number of nitrogen functional groups attached to an aromatic ring is 1. The molecule has 0 atom stereocenters. The molecule has 2 N–H and O–H groups in total. The second-order valence-corrected chi connectivity index (χ2v) is 6.62. The fraction of sp³-hybridized carbons (Fsp3) is 0.300.